The van der Waals surface area contributed by atoms with Gasteiger partial charge in [-0.1, -0.05) is 29.4 Å². The van der Waals surface area contributed by atoms with Crippen LogP contribution in [-0.2, 0) is 33.8 Å². The molecule has 2 aromatic carbocycles. The minimum atomic E-state index is -0.684. The van der Waals surface area contributed by atoms with Crippen LogP contribution in [0.3, 0.4) is 0 Å². The second kappa shape index (κ2) is 8.87. The molecule has 0 unspecified atom stereocenters. The Kier molecular flexibility index (Phi) is 6.01. The van der Waals surface area contributed by atoms with E-state index < -0.39 is 5.79 Å². The Labute approximate surface area is 180 Å². The number of nitrogens with zero attached hydrogens (tertiary/aromatic N) is 3. The van der Waals surface area contributed by atoms with Crippen molar-refractivity contribution < 1.29 is 23.4 Å². The Bertz CT molecular complexity index is 1060. The van der Waals surface area contributed by atoms with Gasteiger partial charge in [-0.2, -0.15) is 5.10 Å². The number of hydrogen-bond acceptors (Lipinski definition) is 6. The first-order valence-corrected chi connectivity index (χ1v) is 9.94. The molecule has 0 atom stereocenters. The third-order valence-electron chi connectivity index (χ3n) is 5.05. The molecule has 1 aliphatic rings. The van der Waals surface area contributed by atoms with Crippen molar-refractivity contribution >= 4 is 6.21 Å². The van der Waals surface area contributed by atoms with Gasteiger partial charge >= 0.3 is 0 Å². The number of halogens is 1. The Hall–Kier alpha value is -3.23. The Balaban J connectivity index is 1.39. The molecule has 7 nitrogen and oxygen atoms in total. The van der Waals surface area contributed by atoms with E-state index in [-0.39, 0.29) is 5.82 Å². The predicted octanol–water partition coefficient (Wildman–Crippen LogP) is 4.43. The lowest BCUT2D eigenvalue weighted by Gasteiger charge is -2.22. The van der Waals surface area contributed by atoms with Crippen LogP contribution in [-0.4, -0.2) is 29.2 Å². The first-order valence-electron chi connectivity index (χ1n) is 9.94. The second-order valence-corrected chi connectivity index (χ2v) is 7.33. The maximum atomic E-state index is 13.1. The Morgan fingerprint density at radius 2 is 1.81 bits per heavy atom. The van der Waals surface area contributed by atoms with Crippen LogP contribution in [0.5, 0.6) is 11.6 Å². The zero-order chi connectivity index (χ0) is 21.8. The number of rotatable bonds is 7. The van der Waals surface area contributed by atoms with Crippen molar-refractivity contribution in [2.24, 2.45) is 12.2 Å². The van der Waals surface area contributed by atoms with Crippen molar-refractivity contribution in [3.63, 3.8) is 0 Å². The predicted molar refractivity (Wildman–Crippen MR) is 113 cm³/mol. The van der Waals surface area contributed by atoms with E-state index in [0.717, 1.165) is 16.8 Å². The van der Waals surface area contributed by atoms with Crippen molar-refractivity contribution in [3.05, 3.63) is 76.7 Å². The van der Waals surface area contributed by atoms with Crippen LogP contribution < -0.4 is 4.74 Å². The molecule has 162 valence electrons. The molecule has 0 radical (unpaired) electrons. The summed E-state index contributed by atoms with van der Waals surface area (Å²) in [5, 5.41) is 8.44. The molecule has 0 amide bonds. The molecule has 0 bridgehead atoms. The van der Waals surface area contributed by atoms with Crippen LogP contribution in [0, 0.1) is 12.7 Å². The van der Waals surface area contributed by atoms with E-state index in [2.05, 4.69) is 10.3 Å². The van der Waals surface area contributed by atoms with Crippen molar-refractivity contribution in [1.29, 1.82) is 0 Å². The maximum absolute atomic E-state index is 13.1. The molecular weight excluding hydrogens is 401 g/mol. The first-order chi connectivity index (χ1) is 14.9. The third-order valence-corrected chi connectivity index (χ3v) is 5.05. The molecule has 0 N–H and O–H groups in total. The highest BCUT2D eigenvalue weighted by Gasteiger charge is 2.32. The second-order valence-electron chi connectivity index (χ2n) is 7.33. The molecule has 1 saturated heterocycles. The summed E-state index contributed by atoms with van der Waals surface area (Å²) < 4.78 is 31.9. The van der Waals surface area contributed by atoms with Gasteiger partial charge in [0.25, 0.3) is 0 Å². The summed E-state index contributed by atoms with van der Waals surface area (Å²) >= 11 is 0. The summed E-state index contributed by atoms with van der Waals surface area (Å²) in [6, 6.07) is 13.6. The van der Waals surface area contributed by atoms with E-state index in [1.54, 1.807) is 30.1 Å². The van der Waals surface area contributed by atoms with Gasteiger partial charge < -0.3 is 19.0 Å². The quantitative estimate of drug-likeness (QED) is 0.414. The smallest absolute Gasteiger partial charge is 0.226 e. The molecule has 1 aromatic heterocycles. The minimum Gasteiger partial charge on any atom is -0.439 e. The van der Waals surface area contributed by atoms with Gasteiger partial charge in [0, 0.05) is 12.6 Å². The minimum absolute atomic E-state index is 0.308. The molecule has 0 aliphatic carbocycles. The lowest BCUT2D eigenvalue weighted by Crippen LogP contribution is -2.22. The highest BCUT2D eigenvalue weighted by molar-refractivity contribution is 5.84. The summed E-state index contributed by atoms with van der Waals surface area (Å²) in [7, 11) is 1.77. The van der Waals surface area contributed by atoms with Crippen LogP contribution >= 0.6 is 0 Å². The molecule has 0 saturated carbocycles. The van der Waals surface area contributed by atoms with Gasteiger partial charge in [0.15, 0.2) is 5.79 Å². The van der Waals surface area contributed by atoms with Gasteiger partial charge in [0.2, 0.25) is 5.88 Å². The van der Waals surface area contributed by atoms with Crippen molar-refractivity contribution in [2.75, 3.05) is 13.2 Å². The normalized spacial score (nSPS) is 15.5. The average Bonchev–Trinajstić information content (AvgIpc) is 3.32. The SMILES string of the molecule is Cc1nn(C)c(Oc2ccc(F)cc2)c1C=NOCc1ccc(C2(C)OCCO2)cc1. The van der Waals surface area contributed by atoms with E-state index in [4.69, 9.17) is 19.0 Å². The lowest BCUT2D eigenvalue weighted by molar-refractivity contribution is -0.149. The van der Waals surface area contributed by atoms with Gasteiger partial charge in [-0.3, -0.25) is 0 Å². The molecule has 1 aliphatic heterocycles. The molecule has 1 fully saturated rings. The topological polar surface area (TPSA) is 67.1 Å². The highest BCUT2D eigenvalue weighted by Crippen LogP contribution is 2.31. The van der Waals surface area contributed by atoms with E-state index in [9.17, 15) is 4.39 Å². The van der Waals surface area contributed by atoms with Crippen LogP contribution in [0.4, 0.5) is 4.39 Å². The fourth-order valence-corrected chi connectivity index (χ4v) is 3.32. The van der Waals surface area contributed by atoms with Crippen LogP contribution in [0.15, 0.2) is 53.7 Å². The molecular formula is C23H24FN3O4. The summed E-state index contributed by atoms with van der Waals surface area (Å²) in [5.41, 5.74) is 3.35. The molecule has 3 aromatic rings. The van der Waals surface area contributed by atoms with Crippen molar-refractivity contribution in [3.8, 4) is 11.6 Å². The molecule has 31 heavy (non-hydrogen) atoms. The fourth-order valence-electron chi connectivity index (χ4n) is 3.32. The van der Waals surface area contributed by atoms with Crippen LogP contribution in [0.25, 0.3) is 0 Å². The molecule has 2 heterocycles. The average molecular weight is 425 g/mol. The number of benzene rings is 2. The zero-order valence-corrected chi connectivity index (χ0v) is 17.7. The van der Waals surface area contributed by atoms with E-state index >= 15 is 0 Å². The van der Waals surface area contributed by atoms with E-state index in [1.165, 1.54) is 12.1 Å². The Morgan fingerprint density at radius 1 is 1.13 bits per heavy atom. The van der Waals surface area contributed by atoms with Gasteiger partial charge in [-0.05, 0) is 43.7 Å². The highest BCUT2D eigenvalue weighted by atomic mass is 19.1. The summed E-state index contributed by atoms with van der Waals surface area (Å²) in [6.07, 6.45) is 1.57. The number of aryl methyl sites for hydroxylation is 2. The Morgan fingerprint density at radius 3 is 2.48 bits per heavy atom. The van der Waals surface area contributed by atoms with Gasteiger partial charge in [0.05, 0.1) is 30.7 Å². The van der Waals surface area contributed by atoms with Crippen molar-refractivity contribution in [1.82, 2.24) is 9.78 Å². The first kappa shape index (κ1) is 21.0. The van der Waals surface area contributed by atoms with E-state index in [1.807, 2.05) is 38.1 Å². The summed E-state index contributed by atoms with van der Waals surface area (Å²) in [4.78, 5) is 5.46. The van der Waals surface area contributed by atoms with Gasteiger partial charge in [-0.25, -0.2) is 9.07 Å². The molecule has 0 spiro atoms. The number of ether oxygens (including phenoxy) is 3. The standard InChI is InChI=1S/C23H24FN3O4/c1-16-21(22(27(3)26-16)31-20-10-8-19(24)9-11-20)14-25-30-15-17-4-6-18(7-5-17)23(2)28-12-13-29-23/h4-11,14H,12-13,15H2,1-3H3. The number of oxime groups is 1. The van der Waals surface area contributed by atoms with Crippen LogP contribution in [0.2, 0.25) is 0 Å². The van der Waals surface area contributed by atoms with E-state index in [0.29, 0.717) is 37.0 Å². The van der Waals surface area contributed by atoms with Gasteiger partial charge in [0.1, 0.15) is 18.2 Å². The van der Waals surface area contributed by atoms with Gasteiger partial charge in [-0.15, -0.1) is 0 Å². The largest absolute Gasteiger partial charge is 0.439 e. The maximum Gasteiger partial charge on any atom is 0.226 e. The number of aromatic nitrogens is 2. The zero-order valence-electron chi connectivity index (χ0n) is 17.7. The third kappa shape index (κ3) is 4.76. The number of hydrogen-bond donors (Lipinski definition) is 0. The summed E-state index contributed by atoms with van der Waals surface area (Å²) in [6.45, 7) is 5.26. The molecule has 8 heteroatoms. The van der Waals surface area contributed by atoms with Crippen molar-refractivity contribution in [2.45, 2.75) is 26.2 Å². The molecule has 4 rings (SSSR count). The lowest BCUT2D eigenvalue weighted by atomic mass is 10.1. The fraction of sp³-hybridized carbons (Fsp3) is 0.304. The monoisotopic (exact) mass is 425 g/mol. The van der Waals surface area contributed by atoms with Crippen LogP contribution in [0.1, 0.15) is 29.3 Å². The summed E-state index contributed by atoms with van der Waals surface area (Å²) in [5.74, 6) is -0.0141.